The molecule has 0 aliphatic heterocycles. The molecule has 2 fully saturated rings. The van der Waals surface area contributed by atoms with Crippen LogP contribution >= 0.6 is 0 Å². The molecule has 4 atom stereocenters. The monoisotopic (exact) mass is 274 g/mol. The standard InChI is InChI=1S/C16H22N2O2/c19-15(12-3-5-17-6-4-12)10-18-16(20)9-14-8-11-1-2-13(14)7-11/h3-6,11,13-15,19H,1-2,7-10H2,(H,18,20). The highest BCUT2D eigenvalue weighted by Gasteiger charge is 2.40. The Morgan fingerprint density at radius 2 is 2.15 bits per heavy atom. The largest absolute Gasteiger partial charge is 0.387 e. The van der Waals surface area contributed by atoms with Crippen molar-refractivity contribution in [3.8, 4) is 0 Å². The Labute approximate surface area is 119 Å². The third-order valence-corrected chi connectivity index (χ3v) is 4.92. The summed E-state index contributed by atoms with van der Waals surface area (Å²) in [6.45, 7) is 0.281. The fourth-order valence-electron chi connectivity index (χ4n) is 3.85. The zero-order valence-electron chi connectivity index (χ0n) is 11.7. The molecular formula is C16H22N2O2. The van der Waals surface area contributed by atoms with Crippen LogP contribution in [0.2, 0.25) is 0 Å². The average molecular weight is 274 g/mol. The third kappa shape index (κ3) is 3.01. The van der Waals surface area contributed by atoms with Gasteiger partial charge in [-0.05, 0) is 54.7 Å². The van der Waals surface area contributed by atoms with E-state index in [4.69, 9.17) is 0 Å². The lowest BCUT2D eigenvalue weighted by atomic mass is 9.86. The Morgan fingerprint density at radius 3 is 2.80 bits per heavy atom. The zero-order valence-corrected chi connectivity index (χ0v) is 11.7. The molecule has 4 unspecified atom stereocenters. The van der Waals surface area contributed by atoms with Crippen LogP contribution in [0.25, 0.3) is 0 Å². The summed E-state index contributed by atoms with van der Waals surface area (Å²) in [6, 6.07) is 3.54. The van der Waals surface area contributed by atoms with Gasteiger partial charge in [0.05, 0.1) is 6.10 Å². The van der Waals surface area contributed by atoms with Crippen LogP contribution in [0.1, 0.15) is 43.8 Å². The normalized spacial score (nSPS) is 29.4. The van der Waals surface area contributed by atoms with Crippen LogP contribution in [0.3, 0.4) is 0 Å². The summed E-state index contributed by atoms with van der Waals surface area (Å²) in [4.78, 5) is 15.9. The van der Waals surface area contributed by atoms with Crippen molar-refractivity contribution in [3.63, 3.8) is 0 Å². The number of nitrogens with one attached hydrogen (secondary N) is 1. The van der Waals surface area contributed by atoms with Crippen LogP contribution in [0.5, 0.6) is 0 Å². The number of aliphatic hydroxyl groups is 1. The summed E-state index contributed by atoms with van der Waals surface area (Å²) in [5, 5.41) is 12.9. The Bertz CT molecular complexity index is 463. The lowest BCUT2D eigenvalue weighted by Gasteiger charge is -2.21. The molecule has 4 heteroatoms. The fraction of sp³-hybridized carbons (Fsp3) is 0.625. The number of hydrogen-bond acceptors (Lipinski definition) is 3. The number of nitrogens with zero attached hydrogens (tertiary/aromatic N) is 1. The number of carbonyl (C=O) groups excluding carboxylic acids is 1. The number of pyridine rings is 1. The number of fused-ring (bicyclic) bond motifs is 2. The van der Waals surface area contributed by atoms with Gasteiger partial charge in [0.1, 0.15) is 0 Å². The van der Waals surface area contributed by atoms with Gasteiger partial charge in [0.15, 0.2) is 0 Å². The molecule has 0 spiro atoms. The summed E-state index contributed by atoms with van der Waals surface area (Å²) in [6.07, 6.45) is 8.51. The smallest absolute Gasteiger partial charge is 0.220 e. The first kappa shape index (κ1) is 13.6. The molecule has 4 nitrogen and oxygen atoms in total. The van der Waals surface area contributed by atoms with E-state index in [0.717, 1.165) is 17.4 Å². The number of aromatic nitrogens is 1. The van der Waals surface area contributed by atoms with E-state index >= 15 is 0 Å². The molecule has 3 rings (SSSR count). The average Bonchev–Trinajstić information content (AvgIpc) is 3.08. The van der Waals surface area contributed by atoms with Crippen molar-refractivity contribution < 1.29 is 9.90 Å². The number of carbonyl (C=O) groups is 1. The highest BCUT2D eigenvalue weighted by atomic mass is 16.3. The first-order valence-electron chi connectivity index (χ1n) is 7.57. The van der Waals surface area contributed by atoms with Crippen molar-refractivity contribution >= 4 is 5.91 Å². The molecule has 0 aromatic carbocycles. The van der Waals surface area contributed by atoms with E-state index in [1.807, 2.05) is 0 Å². The Hall–Kier alpha value is -1.42. The topological polar surface area (TPSA) is 62.2 Å². The summed E-state index contributed by atoms with van der Waals surface area (Å²) in [5.74, 6) is 2.30. The van der Waals surface area contributed by atoms with Crippen LogP contribution in [0.15, 0.2) is 24.5 Å². The molecule has 2 aliphatic rings. The minimum absolute atomic E-state index is 0.0793. The van der Waals surface area contributed by atoms with Gasteiger partial charge in [0, 0.05) is 25.4 Å². The van der Waals surface area contributed by atoms with E-state index in [2.05, 4.69) is 10.3 Å². The van der Waals surface area contributed by atoms with Gasteiger partial charge in [-0.3, -0.25) is 9.78 Å². The second kappa shape index (κ2) is 5.92. The van der Waals surface area contributed by atoms with Crippen LogP contribution < -0.4 is 5.32 Å². The van der Waals surface area contributed by atoms with Gasteiger partial charge in [-0.25, -0.2) is 0 Å². The van der Waals surface area contributed by atoms with Crippen LogP contribution in [-0.4, -0.2) is 22.5 Å². The minimum atomic E-state index is -0.651. The van der Waals surface area contributed by atoms with Crippen molar-refractivity contribution in [1.82, 2.24) is 10.3 Å². The summed E-state index contributed by atoms with van der Waals surface area (Å²) in [5.41, 5.74) is 0.792. The molecular weight excluding hydrogens is 252 g/mol. The van der Waals surface area contributed by atoms with Gasteiger partial charge in [-0.1, -0.05) is 6.42 Å². The molecule has 108 valence electrons. The van der Waals surface area contributed by atoms with Crippen LogP contribution in [0.4, 0.5) is 0 Å². The molecule has 1 amide bonds. The van der Waals surface area contributed by atoms with Gasteiger partial charge in [0.25, 0.3) is 0 Å². The minimum Gasteiger partial charge on any atom is -0.387 e. The maximum atomic E-state index is 12.0. The molecule has 1 heterocycles. The maximum absolute atomic E-state index is 12.0. The SMILES string of the molecule is O=C(CC1CC2CCC1C2)NCC(O)c1ccncc1. The van der Waals surface area contributed by atoms with E-state index in [1.54, 1.807) is 24.5 Å². The molecule has 2 saturated carbocycles. The van der Waals surface area contributed by atoms with Crippen LogP contribution in [0, 0.1) is 17.8 Å². The summed E-state index contributed by atoms with van der Waals surface area (Å²) < 4.78 is 0. The predicted octanol–water partition coefficient (Wildman–Crippen LogP) is 2.06. The fourth-order valence-corrected chi connectivity index (χ4v) is 3.85. The number of amides is 1. The molecule has 20 heavy (non-hydrogen) atoms. The highest BCUT2D eigenvalue weighted by molar-refractivity contribution is 5.76. The van der Waals surface area contributed by atoms with E-state index in [-0.39, 0.29) is 12.5 Å². The molecule has 0 saturated heterocycles. The van der Waals surface area contributed by atoms with Crippen molar-refractivity contribution in [2.45, 2.75) is 38.2 Å². The molecule has 1 aromatic rings. The second-order valence-electron chi connectivity index (χ2n) is 6.24. The van der Waals surface area contributed by atoms with Gasteiger partial charge in [-0.2, -0.15) is 0 Å². The Balaban J connectivity index is 1.43. The van der Waals surface area contributed by atoms with E-state index in [9.17, 15) is 9.90 Å². The molecule has 1 aromatic heterocycles. The van der Waals surface area contributed by atoms with Gasteiger partial charge < -0.3 is 10.4 Å². The molecule has 2 bridgehead atoms. The molecule has 2 N–H and O–H groups in total. The Morgan fingerprint density at radius 1 is 1.35 bits per heavy atom. The van der Waals surface area contributed by atoms with E-state index in [0.29, 0.717) is 12.3 Å². The van der Waals surface area contributed by atoms with Gasteiger partial charge in [-0.15, -0.1) is 0 Å². The zero-order chi connectivity index (χ0) is 13.9. The highest BCUT2D eigenvalue weighted by Crippen LogP contribution is 2.49. The van der Waals surface area contributed by atoms with Crippen molar-refractivity contribution in [1.29, 1.82) is 0 Å². The first-order valence-corrected chi connectivity index (χ1v) is 7.57. The Kier molecular flexibility index (Phi) is 4.01. The van der Waals surface area contributed by atoms with Gasteiger partial charge >= 0.3 is 0 Å². The number of rotatable bonds is 5. The number of aliphatic hydroxyl groups excluding tert-OH is 1. The van der Waals surface area contributed by atoms with Crippen molar-refractivity contribution in [2.75, 3.05) is 6.54 Å². The third-order valence-electron chi connectivity index (χ3n) is 4.92. The van der Waals surface area contributed by atoms with Crippen molar-refractivity contribution in [2.24, 2.45) is 17.8 Å². The van der Waals surface area contributed by atoms with E-state index < -0.39 is 6.10 Å². The van der Waals surface area contributed by atoms with Crippen molar-refractivity contribution in [3.05, 3.63) is 30.1 Å². The second-order valence-corrected chi connectivity index (χ2v) is 6.24. The predicted molar refractivity (Wildman–Crippen MR) is 75.8 cm³/mol. The maximum Gasteiger partial charge on any atom is 0.220 e. The lowest BCUT2D eigenvalue weighted by molar-refractivity contribution is -0.122. The summed E-state index contributed by atoms with van der Waals surface area (Å²) >= 11 is 0. The molecule has 0 radical (unpaired) electrons. The summed E-state index contributed by atoms with van der Waals surface area (Å²) in [7, 11) is 0. The van der Waals surface area contributed by atoms with Gasteiger partial charge in [0.2, 0.25) is 5.91 Å². The quantitative estimate of drug-likeness (QED) is 0.864. The van der Waals surface area contributed by atoms with E-state index in [1.165, 1.54) is 25.7 Å². The lowest BCUT2D eigenvalue weighted by Crippen LogP contribution is -2.30. The van der Waals surface area contributed by atoms with Crippen LogP contribution in [-0.2, 0) is 4.79 Å². The number of hydrogen-bond donors (Lipinski definition) is 2. The molecule has 2 aliphatic carbocycles. The first-order chi connectivity index (χ1) is 9.72.